The van der Waals surface area contributed by atoms with Crippen LogP contribution < -0.4 is 11.2 Å². The Balaban J connectivity index is 2.74. The summed E-state index contributed by atoms with van der Waals surface area (Å²) in [5, 5.41) is 31.4. The number of hydrazone groups is 1. The maximum absolute atomic E-state index is 11.3. The highest BCUT2D eigenvalue weighted by atomic mass is 16.3. The topological polar surface area (TPSA) is 128 Å². The van der Waals surface area contributed by atoms with E-state index >= 15 is 0 Å². The van der Waals surface area contributed by atoms with Crippen molar-refractivity contribution < 1.29 is 20.1 Å². The molecule has 0 aliphatic heterocycles. The average molecular weight is 253 g/mol. The predicted octanol–water partition coefficient (Wildman–Crippen LogP) is -0.00920. The van der Waals surface area contributed by atoms with Gasteiger partial charge in [0.1, 0.15) is 0 Å². The molecule has 7 nitrogen and oxygen atoms in total. The van der Waals surface area contributed by atoms with Crippen molar-refractivity contribution in [2.45, 2.75) is 19.4 Å². The number of hydrogen-bond donors (Lipinski definition) is 5. The number of amides is 1. The Kier molecular flexibility index (Phi) is 4.50. The number of carbonyl (C=O) groups is 1. The number of nitrogens with zero attached hydrogens (tertiary/aromatic N) is 1. The fourth-order valence-corrected chi connectivity index (χ4v) is 1.12. The van der Waals surface area contributed by atoms with E-state index in [1.54, 1.807) is 6.92 Å². The zero-order valence-corrected chi connectivity index (χ0v) is 9.79. The minimum atomic E-state index is -0.649. The van der Waals surface area contributed by atoms with Gasteiger partial charge in [-0.2, -0.15) is 5.10 Å². The van der Waals surface area contributed by atoms with Crippen molar-refractivity contribution in [1.29, 1.82) is 0 Å². The fourth-order valence-electron chi connectivity index (χ4n) is 1.12. The van der Waals surface area contributed by atoms with Crippen molar-refractivity contribution in [3.63, 3.8) is 0 Å². The Labute approximate surface area is 104 Å². The molecule has 1 amide bonds. The van der Waals surface area contributed by atoms with Crippen LogP contribution >= 0.6 is 0 Å². The molecule has 0 aliphatic rings. The molecule has 7 heteroatoms. The number of phenolic OH excluding ortho intramolecular Hbond substituents is 3. The van der Waals surface area contributed by atoms with Crippen molar-refractivity contribution in [3.05, 3.63) is 17.7 Å². The van der Waals surface area contributed by atoms with Gasteiger partial charge in [0.05, 0.1) is 12.3 Å². The number of hydrogen-bond acceptors (Lipinski definition) is 6. The summed E-state index contributed by atoms with van der Waals surface area (Å²) in [6.45, 7) is 1.76. The number of benzene rings is 1. The largest absolute Gasteiger partial charge is 0.504 e. The summed E-state index contributed by atoms with van der Waals surface area (Å²) < 4.78 is 0. The SMILES string of the molecule is CC[C@H](N)C(=O)N/N=C/c1ccc(O)c(O)c1O. The highest BCUT2D eigenvalue weighted by Gasteiger charge is 2.11. The van der Waals surface area contributed by atoms with Gasteiger partial charge in [-0.1, -0.05) is 6.92 Å². The number of nitrogens with two attached hydrogens (primary N) is 1. The molecular weight excluding hydrogens is 238 g/mol. The third-order valence-corrected chi connectivity index (χ3v) is 2.32. The van der Waals surface area contributed by atoms with Gasteiger partial charge < -0.3 is 21.1 Å². The fraction of sp³-hybridized carbons (Fsp3) is 0.273. The molecule has 0 saturated heterocycles. The van der Waals surface area contributed by atoms with E-state index in [9.17, 15) is 15.0 Å². The van der Waals surface area contributed by atoms with Gasteiger partial charge in [0.2, 0.25) is 5.75 Å². The van der Waals surface area contributed by atoms with E-state index < -0.39 is 29.2 Å². The first-order chi connectivity index (χ1) is 8.47. The Hall–Kier alpha value is -2.28. The van der Waals surface area contributed by atoms with E-state index in [1.165, 1.54) is 12.1 Å². The molecule has 0 aromatic heterocycles. The third kappa shape index (κ3) is 3.11. The first-order valence-electron chi connectivity index (χ1n) is 5.29. The molecule has 1 aromatic carbocycles. The van der Waals surface area contributed by atoms with Crippen molar-refractivity contribution >= 4 is 12.1 Å². The molecule has 0 bridgehead atoms. The molecule has 0 spiro atoms. The van der Waals surface area contributed by atoms with Gasteiger partial charge in [-0.15, -0.1) is 0 Å². The van der Waals surface area contributed by atoms with E-state index in [0.29, 0.717) is 6.42 Å². The molecule has 1 aromatic rings. The van der Waals surface area contributed by atoms with Gasteiger partial charge in [-0.25, -0.2) is 5.43 Å². The van der Waals surface area contributed by atoms with Crippen molar-refractivity contribution in [2.24, 2.45) is 10.8 Å². The predicted molar refractivity (Wildman–Crippen MR) is 65.4 cm³/mol. The Morgan fingerprint density at radius 3 is 2.72 bits per heavy atom. The highest BCUT2D eigenvalue weighted by Crippen LogP contribution is 2.36. The standard InChI is InChI=1S/C11H15N3O4/c1-2-7(12)11(18)14-13-5-6-3-4-8(15)10(17)9(6)16/h3-5,7,15-17H,2,12H2,1H3,(H,14,18)/b13-5+/t7-/m0/s1. The van der Waals surface area contributed by atoms with E-state index in [2.05, 4.69) is 10.5 Å². The maximum Gasteiger partial charge on any atom is 0.256 e. The lowest BCUT2D eigenvalue weighted by molar-refractivity contribution is -0.122. The summed E-state index contributed by atoms with van der Waals surface area (Å²) in [6, 6.07) is 1.87. The van der Waals surface area contributed by atoms with Crippen LogP contribution in [0, 0.1) is 0 Å². The zero-order chi connectivity index (χ0) is 13.7. The highest BCUT2D eigenvalue weighted by molar-refractivity contribution is 5.87. The van der Waals surface area contributed by atoms with Gasteiger partial charge in [0, 0.05) is 5.56 Å². The van der Waals surface area contributed by atoms with E-state index in [4.69, 9.17) is 10.8 Å². The van der Waals surface area contributed by atoms with Gasteiger partial charge in [0.25, 0.3) is 5.91 Å². The van der Waals surface area contributed by atoms with Crippen LogP contribution in [0.1, 0.15) is 18.9 Å². The Morgan fingerprint density at radius 2 is 2.11 bits per heavy atom. The summed E-state index contributed by atoms with van der Waals surface area (Å²) >= 11 is 0. The minimum Gasteiger partial charge on any atom is -0.504 e. The lowest BCUT2D eigenvalue weighted by atomic mass is 10.2. The average Bonchev–Trinajstić information content (AvgIpc) is 2.37. The lowest BCUT2D eigenvalue weighted by Crippen LogP contribution is -2.37. The number of carbonyl (C=O) groups excluding carboxylic acids is 1. The molecule has 1 atom stereocenters. The van der Waals surface area contributed by atoms with Gasteiger partial charge in [0.15, 0.2) is 11.5 Å². The minimum absolute atomic E-state index is 0.149. The third-order valence-electron chi connectivity index (χ3n) is 2.32. The van der Waals surface area contributed by atoms with Gasteiger partial charge >= 0.3 is 0 Å². The van der Waals surface area contributed by atoms with Crippen LogP contribution in [-0.2, 0) is 4.79 Å². The molecule has 0 aliphatic carbocycles. The smallest absolute Gasteiger partial charge is 0.256 e. The van der Waals surface area contributed by atoms with Crippen LogP contribution in [0.5, 0.6) is 17.2 Å². The summed E-state index contributed by atoms with van der Waals surface area (Å²) in [5.74, 6) is -2.05. The second kappa shape index (κ2) is 5.87. The van der Waals surface area contributed by atoms with E-state index in [-0.39, 0.29) is 5.56 Å². The van der Waals surface area contributed by atoms with Crippen LogP contribution in [0.25, 0.3) is 0 Å². The molecule has 0 saturated carbocycles. The second-order valence-electron chi connectivity index (χ2n) is 3.62. The summed E-state index contributed by atoms with van der Waals surface area (Å²) in [4.78, 5) is 11.3. The van der Waals surface area contributed by atoms with Crippen LogP contribution in [0.2, 0.25) is 0 Å². The van der Waals surface area contributed by atoms with Crippen molar-refractivity contribution in [1.82, 2.24) is 5.43 Å². The van der Waals surface area contributed by atoms with Crippen molar-refractivity contribution in [2.75, 3.05) is 0 Å². The molecule has 0 heterocycles. The molecule has 0 unspecified atom stereocenters. The molecule has 6 N–H and O–H groups in total. The summed E-state index contributed by atoms with van der Waals surface area (Å²) in [5.41, 5.74) is 7.80. The first kappa shape index (κ1) is 13.8. The molecule has 98 valence electrons. The lowest BCUT2D eigenvalue weighted by Gasteiger charge is -2.06. The quantitative estimate of drug-likeness (QED) is 0.293. The Bertz CT molecular complexity index is 474. The monoisotopic (exact) mass is 253 g/mol. The van der Waals surface area contributed by atoms with Gasteiger partial charge in [-0.05, 0) is 18.6 Å². The van der Waals surface area contributed by atoms with Crippen LogP contribution in [0.3, 0.4) is 0 Å². The molecular formula is C11H15N3O4. The zero-order valence-electron chi connectivity index (χ0n) is 9.79. The normalized spacial score (nSPS) is 12.6. The molecule has 0 fully saturated rings. The van der Waals surface area contributed by atoms with E-state index in [1.807, 2.05) is 0 Å². The Morgan fingerprint density at radius 1 is 1.44 bits per heavy atom. The number of nitrogens with one attached hydrogen (secondary N) is 1. The summed E-state index contributed by atoms with van der Waals surface area (Å²) in [6.07, 6.45) is 1.61. The van der Waals surface area contributed by atoms with E-state index in [0.717, 1.165) is 6.21 Å². The van der Waals surface area contributed by atoms with Gasteiger partial charge in [-0.3, -0.25) is 4.79 Å². The molecule has 1 rings (SSSR count). The van der Waals surface area contributed by atoms with Crippen molar-refractivity contribution in [3.8, 4) is 17.2 Å². The molecule has 18 heavy (non-hydrogen) atoms. The van der Waals surface area contributed by atoms with Crippen LogP contribution in [0.15, 0.2) is 17.2 Å². The first-order valence-corrected chi connectivity index (χ1v) is 5.29. The number of aromatic hydroxyl groups is 3. The molecule has 0 radical (unpaired) electrons. The summed E-state index contributed by atoms with van der Waals surface area (Å²) in [7, 11) is 0. The number of rotatable bonds is 4. The van der Waals surface area contributed by atoms with Crippen LogP contribution in [-0.4, -0.2) is 33.5 Å². The number of phenols is 3. The maximum atomic E-state index is 11.3. The van der Waals surface area contributed by atoms with Crippen LogP contribution in [0.4, 0.5) is 0 Å². The second-order valence-corrected chi connectivity index (χ2v) is 3.62.